The topological polar surface area (TPSA) is 77.8 Å². The van der Waals surface area contributed by atoms with Crippen LogP contribution in [0, 0.1) is 5.92 Å². The van der Waals surface area contributed by atoms with Crippen molar-refractivity contribution < 1.29 is 20.1 Å². The third kappa shape index (κ3) is 1.10. The maximum atomic E-state index is 10.6. The molecule has 12 heavy (non-hydrogen) atoms. The molecule has 0 aromatic heterocycles. The lowest BCUT2D eigenvalue weighted by Crippen LogP contribution is -2.44. The van der Waals surface area contributed by atoms with Crippen molar-refractivity contribution in [3.8, 4) is 0 Å². The van der Waals surface area contributed by atoms with Gasteiger partial charge in [0.1, 0.15) is 0 Å². The molecular formula is C8H10O4. The molecule has 0 fully saturated rings. The molecular weight excluding hydrogens is 160 g/mol. The van der Waals surface area contributed by atoms with Crippen LogP contribution in [-0.2, 0) is 4.79 Å². The highest BCUT2D eigenvalue weighted by Gasteiger charge is 2.42. The Morgan fingerprint density at radius 1 is 1.67 bits per heavy atom. The highest BCUT2D eigenvalue weighted by molar-refractivity contribution is 5.81. The van der Waals surface area contributed by atoms with E-state index in [1.54, 1.807) is 0 Å². The van der Waals surface area contributed by atoms with E-state index in [2.05, 4.69) is 0 Å². The lowest BCUT2D eigenvalue weighted by Gasteiger charge is -2.28. The number of carboxylic acids is 1. The molecule has 0 aromatic carbocycles. The van der Waals surface area contributed by atoms with Crippen LogP contribution in [0.3, 0.4) is 0 Å². The maximum absolute atomic E-state index is 10.6. The van der Waals surface area contributed by atoms with Crippen LogP contribution < -0.4 is 0 Å². The van der Waals surface area contributed by atoms with Gasteiger partial charge in [-0.3, -0.25) is 0 Å². The number of hydrogen-bond donors (Lipinski definition) is 3. The average molecular weight is 170 g/mol. The standard InChI is InChI=1S/C8H10O4/c1-5-6(9)3-2-4-8(5,12)7(10)11/h2-5,9,12H,1H3,(H,10,11). The lowest BCUT2D eigenvalue weighted by atomic mass is 9.84. The average Bonchev–Trinajstić information content (AvgIpc) is 2.00. The van der Waals surface area contributed by atoms with Gasteiger partial charge in [-0.1, -0.05) is 13.0 Å². The monoisotopic (exact) mass is 170 g/mol. The molecule has 0 bridgehead atoms. The molecule has 1 rings (SSSR count). The number of aliphatic hydroxyl groups is 2. The molecule has 0 heterocycles. The zero-order chi connectivity index (χ0) is 9.35. The molecule has 2 unspecified atom stereocenters. The quantitative estimate of drug-likeness (QED) is 0.534. The molecule has 1 aliphatic rings. The Hall–Kier alpha value is -1.29. The number of carbonyl (C=O) groups is 1. The Morgan fingerprint density at radius 3 is 2.67 bits per heavy atom. The smallest absolute Gasteiger partial charge is 0.340 e. The first-order chi connectivity index (χ1) is 5.48. The van der Waals surface area contributed by atoms with E-state index in [0.29, 0.717) is 0 Å². The van der Waals surface area contributed by atoms with E-state index in [1.807, 2.05) is 0 Å². The van der Waals surface area contributed by atoms with Gasteiger partial charge in [0.05, 0.1) is 11.7 Å². The van der Waals surface area contributed by atoms with E-state index in [-0.39, 0.29) is 5.76 Å². The van der Waals surface area contributed by atoms with Gasteiger partial charge in [-0.05, 0) is 12.2 Å². The van der Waals surface area contributed by atoms with E-state index in [0.717, 1.165) is 6.08 Å². The molecule has 0 saturated heterocycles. The summed E-state index contributed by atoms with van der Waals surface area (Å²) in [6.45, 7) is 1.45. The fourth-order valence-electron chi connectivity index (χ4n) is 1.06. The summed E-state index contributed by atoms with van der Waals surface area (Å²) in [5.74, 6) is -2.28. The molecule has 1 aliphatic carbocycles. The molecule has 0 aromatic rings. The van der Waals surface area contributed by atoms with Gasteiger partial charge in [0, 0.05) is 0 Å². The van der Waals surface area contributed by atoms with Gasteiger partial charge in [0.15, 0.2) is 5.60 Å². The van der Waals surface area contributed by atoms with Crippen molar-refractivity contribution >= 4 is 5.97 Å². The normalized spacial score (nSPS) is 34.5. The van der Waals surface area contributed by atoms with Crippen LogP contribution >= 0.6 is 0 Å². The van der Waals surface area contributed by atoms with Crippen molar-refractivity contribution in [1.29, 1.82) is 0 Å². The van der Waals surface area contributed by atoms with Crippen molar-refractivity contribution in [3.05, 3.63) is 24.0 Å². The molecule has 4 heteroatoms. The molecule has 2 atom stereocenters. The minimum atomic E-state index is -1.97. The fraction of sp³-hybridized carbons (Fsp3) is 0.375. The van der Waals surface area contributed by atoms with Gasteiger partial charge in [0.2, 0.25) is 0 Å². The largest absolute Gasteiger partial charge is 0.512 e. The van der Waals surface area contributed by atoms with Gasteiger partial charge in [-0.15, -0.1) is 0 Å². The molecule has 0 aliphatic heterocycles. The van der Waals surface area contributed by atoms with Crippen LogP contribution in [0.25, 0.3) is 0 Å². The number of hydrogen-bond acceptors (Lipinski definition) is 3. The Morgan fingerprint density at radius 2 is 2.25 bits per heavy atom. The summed E-state index contributed by atoms with van der Waals surface area (Å²) in [7, 11) is 0. The molecule has 3 N–H and O–H groups in total. The van der Waals surface area contributed by atoms with E-state index in [4.69, 9.17) is 10.2 Å². The molecule has 0 saturated carbocycles. The molecule has 0 amide bonds. The number of aliphatic carboxylic acids is 1. The summed E-state index contributed by atoms with van der Waals surface area (Å²) in [5.41, 5.74) is -1.97. The van der Waals surface area contributed by atoms with Gasteiger partial charge >= 0.3 is 5.97 Å². The second kappa shape index (κ2) is 2.64. The van der Waals surface area contributed by atoms with Gasteiger partial charge in [0.25, 0.3) is 0 Å². The van der Waals surface area contributed by atoms with Crippen molar-refractivity contribution in [2.45, 2.75) is 12.5 Å². The van der Waals surface area contributed by atoms with E-state index >= 15 is 0 Å². The Bertz CT molecular complexity index is 266. The highest BCUT2D eigenvalue weighted by Crippen LogP contribution is 2.28. The summed E-state index contributed by atoms with van der Waals surface area (Å²) in [6, 6.07) is 0. The first-order valence-corrected chi connectivity index (χ1v) is 3.52. The van der Waals surface area contributed by atoms with Crippen LogP contribution in [0.5, 0.6) is 0 Å². The first kappa shape index (κ1) is 8.80. The Labute approximate surface area is 69.5 Å². The molecule has 66 valence electrons. The summed E-state index contributed by atoms with van der Waals surface area (Å²) >= 11 is 0. The summed E-state index contributed by atoms with van der Waals surface area (Å²) in [6.07, 6.45) is 3.84. The van der Waals surface area contributed by atoms with E-state index < -0.39 is 17.5 Å². The van der Waals surface area contributed by atoms with Gasteiger partial charge in [-0.2, -0.15) is 0 Å². The van der Waals surface area contributed by atoms with Crippen LogP contribution in [0.1, 0.15) is 6.92 Å². The molecule has 0 spiro atoms. The minimum Gasteiger partial charge on any atom is -0.512 e. The number of aliphatic hydroxyl groups excluding tert-OH is 1. The third-order valence-electron chi connectivity index (χ3n) is 2.06. The number of allylic oxidation sites excluding steroid dienone is 2. The number of carboxylic acid groups (broad SMARTS) is 1. The second-order valence-electron chi connectivity index (χ2n) is 2.80. The van der Waals surface area contributed by atoms with Crippen LogP contribution in [0.15, 0.2) is 24.0 Å². The predicted octanol–water partition coefficient (Wildman–Crippen LogP) is 0.450. The lowest BCUT2D eigenvalue weighted by molar-refractivity contribution is -0.157. The SMILES string of the molecule is CC1C(O)=CC=CC1(O)C(=O)O. The highest BCUT2D eigenvalue weighted by atomic mass is 16.4. The summed E-state index contributed by atoms with van der Waals surface area (Å²) in [4.78, 5) is 10.6. The summed E-state index contributed by atoms with van der Waals surface area (Å²) < 4.78 is 0. The van der Waals surface area contributed by atoms with Crippen LogP contribution in [0.4, 0.5) is 0 Å². The van der Waals surface area contributed by atoms with Crippen molar-refractivity contribution in [3.63, 3.8) is 0 Å². The zero-order valence-electron chi connectivity index (χ0n) is 6.56. The van der Waals surface area contributed by atoms with Gasteiger partial charge < -0.3 is 15.3 Å². The molecule has 0 radical (unpaired) electrons. The zero-order valence-corrected chi connectivity index (χ0v) is 6.56. The second-order valence-corrected chi connectivity index (χ2v) is 2.80. The predicted molar refractivity (Wildman–Crippen MR) is 41.6 cm³/mol. The molecule has 4 nitrogen and oxygen atoms in total. The Kier molecular flexibility index (Phi) is 1.94. The van der Waals surface area contributed by atoms with E-state index in [9.17, 15) is 9.90 Å². The van der Waals surface area contributed by atoms with Crippen LogP contribution in [0.2, 0.25) is 0 Å². The Balaban J connectivity index is 3.03. The van der Waals surface area contributed by atoms with Gasteiger partial charge in [-0.25, -0.2) is 4.79 Å². The minimum absolute atomic E-state index is 0.123. The van der Waals surface area contributed by atoms with Crippen molar-refractivity contribution in [1.82, 2.24) is 0 Å². The van der Waals surface area contributed by atoms with E-state index in [1.165, 1.54) is 19.1 Å². The first-order valence-electron chi connectivity index (χ1n) is 3.52. The van der Waals surface area contributed by atoms with Crippen molar-refractivity contribution in [2.24, 2.45) is 5.92 Å². The third-order valence-corrected chi connectivity index (χ3v) is 2.06. The van der Waals surface area contributed by atoms with Crippen molar-refractivity contribution in [2.75, 3.05) is 0 Å². The number of rotatable bonds is 1. The fourth-order valence-corrected chi connectivity index (χ4v) is 1.06. The van der Waals surface area contributed by atoms with Crippen LogP contribution in [-0.4, -0.2) is 26.9 Å². The maximum Gasteiger partial charge on any atom is 0.340 e. The summed E-state index contributed by atoms with van der Waals surface area (Å²) in [5, 5.41) is 27.3.